The number of benzene rings is 2. The second-order valence-corrected chi connectivity index (χ2v) is 8.19. The highest BCUT2D eigenvalue weighted by Crippen LogP contribution is 2.32. The van der Waals surface area contributed by atoms with Crippen LogP contribution in [-0.2, 0) is 0 Å². The van der Waals surface area contributed by atoms with E-state index >= 15 is 0 Å². The number of nitrogens with one attached hydrogen (secondary N) is 2. The molecule has 0 saturated carbocycles. The highest BCUT2D eigenvalue weighted by Gasteiger charge is 2.14. The van der Waals surface area contributed by atoms with E-state index in [1.807, 2.05) is 86.0 Å². The molecule has 0 amide bonds. The standard InChI is InChI=1S/C22H21N7S2/c1-14-19(29(22(30)24-14)18-12-8-5-9-13-18)15(2)25-28-21-23-16(3)20(31-21)27-26-17-10-6-4-7-11-17/h4-13H,1-3H3,(H,23,28)(H,24,30)/b25-15+,27-26?. The minimum absolute atomic E-state index is 0.627. The van der Waals surface area contributed by atoms with Crippen LogP contribution < -0.4 is 5.43 Å². The average molecular weight is 448 g/mol. The van der Waals surface area contributed by atoms with Gasteiger partial charge in [-0.2, -0.15) is 5.10 Å². The van der Waals surface area contributed by atoms with Crippen molar-refractivity contribution >= 4 is 45.1 Å². The molecule has 31 heavy (non-hydrogen) atoms. The Hall–Kier alpha value is -3.43. The van der Waals surface area contributed by atoms with E-state index in [1.165, 1.54) is 11.3 Å². The van der Waals surface area contributed by atoms with Gasteiger partial charge in [0, 0.05) is 11.4 Å². The minimum atomic E-state index is 0.627. The summed E-state index contributed by atoms with van der Waals surface area (Å²) in [6.07, 6.45) is 0. The molecule has 0 unspecified atom stereocenters. The maximum atomic E-state index is 5.53. The quantitative estimate of drug-likeness (QED) is 0.147. The number of rotatable bonds is 6. The van der Waals surface area contributed by atoms with Gasteiger partial charge in [0.2, 0.25) is 5.13 Å². The molecule has 0 radical (unpaired) electrons. The highest BCUT2D eigenvalue weighted by atomic mass is 32.1. The van der Waals surface area contributed by atoms with Crippen molar-refractivity contribution in [1.82, 2.24) is 14.5 Å². The summed E-state index contributed by atoms with van der Waals surface area (Å²) in [6.45, 7) is 5.83. The molecule has 2 heterocycles. The van der Waals surface area contributed by atoms with Crippen LogP contribution in [0.3, 0.4) is 0 Å². The first-order chi connectivity index (χ1) is 15.0. The first-order valence-electron chi connectivity index (χ1n) is 9.65. The summed E-state index contributed by atoms with van der Waals surface area (Å²) >= 11 is 6.93. The van der Waals surface area contributed by atoms with Crippen LogP contribution in [0.15, 0.2) is 76.0 Å². The normalized spacial score (nSPS) is 11.9. The van der Waals surface area contributed by atoms with Gasteiger partial charge in [0.05, 0.1) is 22.8 Å². The molecular formula is C22H21N7S2. The highest BCUT2D eigenvalue weighted by molar-refractivity contribution is 7.71. The fourth-order valence-electron chi connectivity index (χ4n) is 3.11. The first kappa shape index (κ1) is 20.8. The second-order valence-electron chi connectivity index (χ2n) is 6.83. The minimum Gasteiger partial charge on any atom is -0.334 e. The van der Waals surface area contributed by atoms with Gasteiger partial charge in [-0.1, -0.05) is 47.7 Å². The molecule has 9 heteroatoms. The number of imidazole rings is 1. The van der Waals surface area contributed by atoms with Crippen LogP contribution in [0.2, 0.25) is 0 Å². The number of hydrogen-bond donors (Lipinski definition) is 2. The van der Waals surface area contributed by atoms with Gasteiger partial charge in [-0.3, -0.25) is 9.99 Å². The molecule has 0 aliphatic carbocycles. The molecule has 0 spiro atoms. The summed E-state index contributed by atoms with van der Waals surface area (Å²) in [6, 6.07) is 19.6. The lowest BCUT2D eigenvalue weighted by atomic mass is 10.2. The van der Waals surface area contributed by atoms with E-state index in [1.54, 1.807) is 0 Å². The molecule has 7 nitrogen and oxygen atoms in total. The van der Waals surface area contributed by atoms with Gasteiger partial charge in [-0.25, -0.2) is 4.98 Å². The molecule has 0 fully saturated rings. The van der Waals surface area contributed by atoms with Crippen LogP contribution >= 0.6 is 23.6 Å². The third kappa shape index (κ3) is 4.68. The van der Waals surface area contributed by atoms with E-state index in [0.717, 1.165) is 39.2 Å². The summed E-state index contributed by atoms with van der Waals surface area (Å²) in [5, 5.41) is 14.5. The van der Waals surface area contributed by atoms with E-state index in [4.69, 9.17) is 12.2 Å². The summed E-state index contributed by atoms with van der Waals surface area (Å²) in [5.41, 5.74) is 8.28. The van der Waals surface area contributed by atoms with Crippen molar-refractivity contribution in [2.45, 2.75) is 20.8 Å². The summed E-state index contributed by atoms with van der Waals surface area (Å²) in [4.78, 5) is 7.74. The lowest BCUT2D eigenvalue weighted by Gasteiger charge is -2.09. The lowest BCUT2D eigenvalue weighted by molar-refractivity contribution is 1.02. The predicted octanol–water partition coefficient (Wildman–Crippen LogP) is 6.86. The molecule has 4 rings (SSSR count). The SMILES string of the molecule is C/C(=N\Nc1nc(C)c(N=Nc2ccccc2)s1)c1c(C)[nH]c(=S)n1-c1ccccc1. The van der Waals surface area contributed by atoms with Crippen LogP contribution in [0.25, 0.3) is 5.69 Å². The maximum Gasteiger partial charge on any atom is 0.205 e. The smallest absolute Gasteiger partial charge is 0.205 e. The number of para-hydroxylation sites is 1. The van der Waals surface area contributed by atoms with Crippen LogP contribution in [0, 0.1) is 18.6 Å². The van der Waals surface area contributed by atoms with Gasteiger partial charge >= 0.3 is 0 Å². The van der Waals surface area contributed by atoms with E-state index < -0.39 is 0 Å². The average Bonchev–Trinajstić information content (AvgIpc) is 3.29. The Bertz CT molecular complexity index is 1300. The van der Waals surface area contributed by atoms with Crippen LogP contribution in [0.4, 0.5) is 15.8 Å². The Morgan fingerprint density at radius 2 is 1.71 bits per heavy atom. The Labute approximate surface area is 189 Å². The van der Waals surface area contributed by atoms with Crippen molar-refractivity contribution in [3.05, 3.63) is 82.5 Å². The number of azo groups is 1. The molecular weight excluding hydrogens is 426 g/mol. The number of aryl methyl sites for hydroxylation is 2. The molecule has 0 aliphatic heterocycles. The molecule has 4 aromatic rings. The number of thiazole rings is 1. The monoisotopic (exact) mass is 447 g/mol. The van der Waals surface area contributed by atoms with Crippen molar-refractivity contribution in [2.75, 3.05) is 5.43 Å². The summed E-state index contributed by atoms with van der Waals surface area (Å²) in [5.74, 6) is 0. The first-order valence-corrected chi connectivity index (χ1v) is 10.9. The van der Waals surface area contributed by atoms with E-state index in [2.05, 4.69) is 30.7 Å². The van der Waals surface area contributed by atoms with Crippen LogP contribution in [0.1, 0.15) is 24.0 Å². The molecule has 0 aliphatic rings. The number of hydrazone groups is 1. The molecule has 0 bridgehead atoms. The van der Waals surface area contributed by atoms with Crippen LogP contribution in [-0.4, -0.2) is 20.2 Å². The van der Waals surface area contributed by atoms with Crippen molar-refractivity contribution in [3.63, 3.8) is 0 Å². The fraction of sp³-hybridized carbons (Fsp3) is 0.136. The van der Waals surface area contributed by atoms with Crippen LogP contribution in [0.5, 0.6) is 0 Å². The van der Waals surface area contributed by atoms with Crippen molar-refractivity contribution in [1.29, 1.82) is 0 Å². The summed E-state index contributed by atoms with van der Waals surface area (Å²) < 4.78 is 2.61. The van der Waals surface area contributed by atoms with Gasteiger partial charge in [-0.05, 0) is 57.3 Å². The predicted molar refractivity (Wildman–Crippen MR) is 129 cm³/mol. The van der Waals surface area contributed by atoms with Gasteiger partial charge in [0.15, 0.2) is 9.77 Å². The zero-order valence-corrected chi connectivity index (χ0v) is 19.0. The maximum absolute atomic E-state index is 5.53. The number of aromatic nitrogens is 3. The van der Waals surface area contributed by atoms with Gasteiger partial charge in [-0.15, -0.1) is 10.2 Å². The number of H-pyrrole nitrogens is 1. The zero-order valence-electron chi connectivity index (χ0n) is 17.3. The third-order valence-corrected chi connectivity index (χ3v) is 5.77. The molecule has 2 aromatic heterocycles. The van der Waals surface area contributed by atoms with E-state index in [0.29, 0.717) is 9.90 Å². The van der Waals surface area contributed by atoms with Crippen molar-refractivity contribution in [2.24, 2.45) is 15.3 Å². The number of hydrogen-bond acceptors (Lipinski definition) is 7. The van der Waals surface area contributed by atoms with Gasteiger partial charge in [0.25, 0.3) is 0 Å². The molecule has 2 aromatic carbocycles. The van der Waals surface area contributed by atoms with Gasteiger partial charge < -0.3 is 4.98 Å². The third-order valence-electron chi connectivity index (χ3n) is 4.54. The fourth-order valence-corrected chi connectivity index (χ4v) is 4.19. The van der Waals surface area contributed by atoms with Gasteiger partial charge in [0.1, 0.15) is 0 Å². The molecule has 0 atom stereocenters. The van der Waals surface area contributed by atoms with E-state index in [9.17, 15) is 0 Å². The van der Waals surface area contributed by atoms with Crippen molar-refractivity contribution in [3.8, 4) is 5.69 Å². The zero-order chi connectivity index (χ0) is 21.8. The Balaban J connectivity index is 1.58. The Morgan fingerprint density at radius 3 is 2.42 bits per heavy atom. The van der Waals surface area contributed by atoms with Crippen molar-refractivity contribution < 1.29 is 0 Å². The topological polar surface area (TPSA) is 82.7 Å². The number of aromatic amines is 1. The number of anilines is 1. The second kappa shape index (κ2) is 9.15. The molecule has 0 saturated heterocycles. The Kier molecular flexibility index (Phi) is 6.15. The number of nitrogens with zero attached hydrogens (tertiary/aromatic N) is 5. The Morgan fingerprint density at radius 1 is 1.03 bits per heavy atom. The molecule has 2 N–H and O–H groups in total. The summed E-state index contributed by atoms with van der Waals surface area (Å²) in [7, 11) is 0. The lowest BCUT2D eigenvalue weighted by Crippen LogP contribution is -2.09. The molecule has 156 valence electrons. The largest absolute Gasteiger partial charge is 0.334 e. The van der Waals surface area contributed by atoms with E-state index in [-0.39, 0.29) is 0 Å².